The zero-order valence-corrected chi connectivity index (χ0v) is 10.4. The monoisotopic (exact) mass is 234 g/mol. The Morgan fingerprint density at radius 3 is 2.29 bits per heavy atom. The van der Waals surface area contributed by atoms with Gasteiger partial charge in [-0.25, -0.2) is 0 Å². The number of nitrogens with two attached hydrogens (primary N) is 1. The first-order chi connectivity index (χ1) is 8.28. The molecule has 0 saturated heterocycles. The van der Waals surface area contributed by atoms with E-state index in [1.54, 1.807) is 21.1 Å². The Kier molecular flexibility index (Phi) is 5.34. The molecule has 17 heavy (non-hydrogen) atoms. The molecular formula is C13H18N2O2. The van der Waals surface area contributed by atoms with Crippen molar-refractivity contribution in [3.05, 3.63) is 23.8 Å². The van der Waals surface area contributed by atoms with Gasteiger partial charge in [-0.1, -0.05) is 6.07 Å². The first-order valence-corrected chi connectivity index (χ1v) is 5.35. The summed E-state index contributed by atoms with van der Waals surface area (Å²) in [5.74, 6) is 12.9. The molecule has 1 aromatic carbocycles. The molecule has 0 aromatic heterocycles. The van der Waals surface area contributed by atoms with E-state index in [9.17, 15) is 0 Å². The molecule has 0 amide bonds. The number of hydrazine groups is 1. The van der Waals surface area contributed by atoms with Crippen LogP contribution in [0.2, 0.25) is 0 Å². The second kappa shape index (κ2) is 6.79. The van der Waals surface area contributed by atoms with Gasteiger partial charge in [-0.3, -0.25) is 11.3 Å². The molecule has 1 aromatic rings. The predicted octanol–water partition coefficient (Wildman–Crippen LogP) is 1.62. The molecule has 0 aliphatic carbocycles. The SMILES string of the molecule is CC#CCC(NN)c1c(OC)cccc1OC. The van der Waals surface area contributed by atoms with Gasteiger partial charge in [0.05, 0.1) is 25.8 Å². The van der Waals surface area contributed by atoms with Crippen LogP contribution in [0.1, 0.15) is 24.9 Å². The van der Waals surface area contributed by atoms with Gasteiger partial charge in [-0.05, 0) is 19.1 Å². The van der Waals surface area contributed by atoms with Gasteiger partial charge in [0.2, 0.25) is 0 Å². The molecule has 1 atom stereocenters. The van der Waals surface area contributed by atoms with Crippen molar-refractivity contribution in [2.24, 2.45) is 5.84 Å². The van der Waals surface area contributed by atoms with Gasteiger partial charge in [0.1, 0.15) is 11.5 Å². The summed E-state index contributed by atoms with van der Waals surface area (Å²) >= 11 is 0. The standard InChI is InChI=1S/C13H18N2O2/c1-4-5-7-10(15-14)13-11(16-2)8-6-9-12(13)17-3/h6,8-10,15H,7,14H2,1-3H3. The maximum Gasteiger partial charge on any atom is 0.127 e. The molecule has 4 nitrogen and oxygen atoms in total. The van der Waals surface area contributed by atoms with Crippen molar-refractivity contribution in [3.8, 4) is 23.3 Å². The van der Waals surface area contributed by atoms with Crippen molar-refractivity contribution < 1.29 is 9.47 Å². The molecule has 0 aliphatic heterocycles. The second-order valence-electron chi connectivity index (χ2n) is 3.43. The topological polar surface area (TPSA) is 56.5 Å². The normalized spacial score (nSPS) is 11.3. The van der Waals surface area contributed by atoms with E-state index < -0.39 is 0 Å². The fourth-order valence-electron chi connectivity index (χ4n) is 1.67. The fraction of sp³-hybridized carbons (Fsp3) is 0.385. The van der Waals surface area contributed by atoms with Crippen LogP contribution in [0.25, 0.3) is 0 Å². The van der Waals surface area contributed by atoms with E-state index in [4.69, 9.17) is 15.3 Å². The third-order valence-electron chi connectivity index (χ3n) is 2.50. The van der Waals surface area contributed by atoms with Gasteiger partial charge in [0.25, 0.3) is 0 Å². The lowest BCUT2D eigenvalue weighted by Crippen LogP contribution is -2.28. The maximum absolute atomic E-state index is 5.56. The van der Waals surface area contributed by atoms with E-state index in [2.05, 4.69) is 17.3 Å². The Bertz CT molecular complexity index is 399. The molecular weight excluding hydrogens is 216 g/mol. The fourth-order valence-corrected chi connectivity index (χ4v) is 1.67. The van der Waals surface area contributed by atoms with Crippen LogP contribution in [-0.4, -0.2) is 14.2 Å². The van der Waals surface area contributed by atoms with Crippen LogP contribution in [0.15, 0.2) is 18.2 Å². The van der Waals surface area contributed by atoms with Crippen molar-refractivity contribution >= 4 is 0 Å². The third-order valence-corrected chi connectivity index (χ3v) is 2.50. The Labute approximate surface area is 102 Å². The van der Waals surface area contributed by atoms with Crippen LogP contribution in [0.3, 0.4) is 0 Å². The Morgan fingerprint density at radius 2 is 1.88 bits per heavy atom. The number of nitrogens with one attached hydrogen (secondary N) is 1. The largest absolute Gasteiger partial charge is 0.496 e. The van der Waals surface area contributed by atoms with Gasteiger partial charge in [0.15, 0.2) is 0 Å². The molecule has 92 valence electrons. The average Bonchev–Trinajstić information content (AvgIpc) is 2.39. The molecule has 0 bridgehead atoms. The Morgan fingerprint density at radius 1 is 1.29 bits per heavy atom. The zero-order chi connectivity index (χ0) is 12.7. The summed E-state index contributed by atoms with van der Waals surface area (Å²) in [4.78, 5) is 0. The highest BCUT2D eigenvalue weighted by molar-refractivity contribution is 5.47. The maximum atomic E-state index is 5.56. The summed E-state index contributed by atoms with van der Waals surface area (Å²) in [6.07, 6.45) is 0.601. The minimum absolute atomic E-state index is 0.117. The lowest BCUT2D eigenvalue weighted by Gasteiger charge is -2.19. The summed E-state index contributed by atoms with van der Waals surface area (Å²) in [5.41, 5.74) is 3.63. The predicted molar refractivity (Wildman–Crippen MR) is 67.7 cm³/mol. The van der Waals surface area contributed by atoms with Crippen molar-refractivity contribution in [2.75, 3.05) is 14.2 Å². The van der Waals surface area contributed by atoms with Gasteiger partial charge in [0, 0.05) is 6.42 Å². The van der Waals surface area contributed by atoms with Gasteiger partial charge in [-0.15, -0.1) is 11.8 Å². The molecule has 0 heterocycles. The Balaban J connectivity index is 3.17. The Hall–Kier alpha value is -1.70. The lowest BCUT2D eigenvalue weighted by molar-refractivity contribution is 0.371. The van der Waals surface area contributed by atoms with Crippen molar-refractivity contribution in [1.29, 1.82) is 0 Å². The van der Waals surface area contributed by atoms with Gasteiger partial charge >= 0.3 is 0 Å². The summed E-state index contributed by atoms with van der Waals surface area (Å²) < 4.78 is 10.7. The molecule has 0 radical (unpaired) electrons. The zero-order valence-electron chi connectivity index (χ0n) is 10.4. The van der Waals surface area contributed by atoms with Gasteiger partial charge < -0.3 is 9.47 Å². The van der Waals surface area contributed by atoms with Crippen molar-refractivity contribution in [3.63, 3.8) is 0 Å². The quantitative estimate of drug-likeness (QED) is 0.462. The van der Waals surface area contributed by atoms with E-state index in [1.165, 1.54) is 0 Å². The molecule has 1 unspecified atom stereocenters. The highest BCUT2D eigenvalue weighted by atomic mass is 16.5. The van der Waals surface area contributed by atoms with Gasteiger partial charge in [-0.2, -0.15) is 0 Å². The van der Waals surface area contributed by atoms with E-state index in [0.29, 0.717) is 6.42 Å². The van der Waals surface area contributed by atoms with E-state index in [0.717, 1.165) is 17.1 Å². The summed E-state index contributed by atoms with van der Waals surface area (Å²) in [7, 11) is 3.24. The van der Waals surface area contributed by atoms with Crippen LogP contribution in [0, 0.1) is 11.8 Å². The smallest absolute Gasteiger partial charge is 0.127 e. The van der Waals surface area contributed by atoms with Crippen molar-refractivity contribution in [2.45, 2.75) is 19.4 Å². The van der Waals surface area contributed by atoms with Crippen LogP contribution < -0.4 is 20.7 Å². The molecule has 1 rings (SSSR count). The molecule has 0 aliphatic rings. The number of hydrogen-bond donors (Lipinski definition) is 2. The number of ether oxygens (including phenoxy) is 2. The summed E-state index contributed by atoms with van der Waals surface area (Å²) in [6, 6.07) is 5.51. The molecule has 0 spiro atoms. The first kappa shape index (κ1) is 13.4. The molecule has 4 heteroatoms. The highest BCUT2D eigenvalue weighted by Gasteiger charge is 2.18. The second-order valence-corrected chi connectivity index (χ2v) is 3.43. The van der Waals surface area contributed by atoms with Crippen LogP contribution in [0.5, 0.6) is 11.5 Å². The summed E-state index contributed by atoms with van der Waals surface area (Å²) in [5, 5.41) is 0. The van der Waals surface area contributed by atoms with Crippen LogP contribution in [0.4, 0.5) is 0 Å². The molecule has 0 fully saturated rings. The van der Waals surface area contributed by atoms with E-state index >= 15 is 0 Å². The van der Waals surface area contributed by atoms with E-state index in [1.807, 2.05) is 18.2 Å². The van der Waals surface area contributed by atoms with Crippen molar-refractivity contribution in [1.82, 2.24) is 5.43 Å². The highest BCUT2D eigenvalue weighted by Crippen LogP contribution is 2.34. The first-order valence-electron chi connectivity index (χ1n) is 5.35. The molecule has 3 N–H and O–H groups in total. The number of rotatable bonds is 5. The third kappa shape index (κ3) is 3.13. The van der Waals surface area contributed by atoms with Crippen LogP contribution >= 0.6 is 0 Å². The minimum Gasteiger partial charge on any atom is -0.496 e. The molecule has 0 saturated carbocycles. The van der Waals surface area contributed by atoms with E-state index in [-0.39, 0.29) is 6.04 Å². The number of hydrogen-bond acceptors (Lipinski definition) is 4. The lowest BCUT2D eigenvalue weighted by atomic mass is 10.0. The average molecular weight is 234 g/mol. The number of methoxy groups -OCH3 is 2. The number of benzene rings is 1. The minimum atomic E-state index is -0.117. The summed E-state index contributed by atoms with van der Waals surface area (Å²) in [6.45, 7) is 1.80. The van der Waals surface area contributed by atoms with Crippen LogP contribution in [-0.2, 0) is 0 Å².